The zero-order chi connectivity index (χ0) is 9.47. The molecular weight excluding hydrogens is 180 g/mol. The summed E-state index contributed by atoms with van der Waals surface area (Å²) in [5.74, 6) is 2.57. The molecule has 1 heterocycles. The molecule has 0 spiro atoms. The van der Waals surface area contributed by atoms with Crippen molar-refractivity contribution in [3.63, 3.8) is 0 Å². The number of ether oxygens (including phenoxy) is 1. The minimum absolute atomic E-state index is 0.447. The van der Waals surface area contributed by atoms with Crippen LogP contribution in [0, 0.1) is 11.8 Å². The molecule has 0 aromatic heterocycles. The van der Waals surface area contributed by atoms with Crippen molar-refractivity contribution >= 4 is 11.8 Å². The maximum absolute atomic E-state index is 5.85. The van der Waals surface area contributed by atoms with Crippen molar-refractivity contribution in [3.8, 4) is 0 Å². The fourth-order valence-corrected chi connectivity index (χ4v) is 3.72. The Balaban J connectivity index is 2.08. The van der Waals surface area contributed by atoms with E-state index < -0.39 is 0 Å². The average molecular weight is 200 g/mol. The van der Waals surface area contributed by atoms with Crippen molar-refractivity contribution < 1.29 is 4.74 Å². The smallest absolute Gasteiger partial charge is 0.0930 e. The van der Waals surface area contributed by atoms with E-state index in [9.17, 15) is 0 Å². The van der Waals surface area contributed by atoms with Crippen LogP contribution in [-0.4, -0.2) is 16.8 Å². The second kappa shape index (κ2) is 3.47. The molecule has 13 heavy (non-hydrogen) atoms. The Kier molecular flexibility index (Phi) is 2.63. The third kappa shape index (κ3) is 1.89. The van der Waals surface area contributed by atoms with E-state index in [0.29, 0.717) is 10.9 Å². The molecule has 3 atom stereocenters. The van der Waals surface area contributed by atoms with E-state index >= 15 is 0 Å². The molecular formula is C11H20OS. The Morgan fingerprint density at radius 1 is 1.31 bits per heavy atom. The lowest BCUT2D eigenvalue weighted by atomic mass is 9.75. The molecule has 0 unspecified atom stereocenters. The van der Waals surface area contributed by atoms with E-state index in [-0.39, 0.29) is 0 Å². The predicted octanol–water partition coefficient (Wildman–Crippen LogP) is 3.29. The van der Waals surface area contributed by atoms with Crippen LogP contribution in [0.1, 0.15) is 40.0 Å². The quantitative estimate of drug-likeness (QED) is 0.593. The van der Waals surface area contributed by atoms with Crippen LogP contribution < -0.4 is 0 Å². The highest BCUT2D eigenvalue weighted by molar-refractivity contribution is 8.00. The third-order valence-electron chi connectivity index (χ3n) is 3.66. The Labute approximate surface area is 85.6 Å². The molecule has 1 nitrogen and oxygen atoms in total. The van der Waals surface area contributed by atoms with Crippen LogP contribution in [0.2, 0.25) is 0 Å². The first-order valence-electron chi connectivity index (χ1n) is 5.35. The van der Waals surface area contributed by atoms with E-state index in [1.54, 1.807) is 0 Å². The van der Waals surface area contributed by atoms with E-state index in [1.807, 2.05) is 11.8 Å². The van der Waals surface area contributed by atoms with Crippen molar-refractivity contribution in [2.24, 2.45) is 11.8 Å². The van der Waals surface area contributed by atoms with Crippen LogP contribution in [-0.2, 0) is 4.74 Å². The fraction of sp³-hybridized carbons (Fsp3) is 1.00. The highest BCUT2D eigenvalue weighted by Gasteiger charge is 2.42. The zero-order valence-corrected chi connectivity index (χ0v) is 9.69. The maximum Gasteiger partial charge on any atom is 0.0930 e. The predicted molar refractivity (Wildman–Crippen MR) is 57.9 cm³/mol. The largest absolute Gasteiger partial charge is 0.367 e. The molecule has 0 bridgehead atoms. The number of thioether (sulfide) groups is 1. The zero-order valence-electron chi connectivity index (χ0n) is 8.88. The van der Waals surface area contributed by atoms with E-state index in [2.05, 4.69) is 20.8 Å². The molecule has 76 valence electrons. The lowest BCUT2D eigenvalue weighted by Gasteiger charge is -2.47. The Bertz CT molecular complexity index is 191. The summed E-state index contributed by atoms with van der Waals surface area (Å²) in [6.45, 7) is 7.12. The molecule has 2 heteroatoms. The van der Waals surface area contributed by atoms with E-state index in [1.165, 1.54) is 19.3 Å². The number of fused-ring (bicyclic) bond motifs is 1. The third-order valence-corrected chi connectivity index (χ3v) is 4.96. The van der Waals surface area contributed by atoms with Crippen LogP contribution in [0.5, 0.6) is 0 Å². The summed E-state index contributed by atoms with van der Waals surface area (Å²) in [6, 6.07) is 0. The van der Waals surface area contributed by atoms with Gasteiger partial charge < -0.3 is 4.74 Å². The van der Waals surface area contributed by atoms with Crippen molar-refractivity contribution in [2.75, 3.05) is 5.94 Å². The van der Waals surface area contributed by atoms with Gasteiger partial charge in [0, 0.05) is 4.75 Å². The van der Waals surface area contributed by atoms with Gasteiger partial charge in [0.2, 0.25) is 0 Å². The Morgan fingerprint density at radius 3 is 2.85 bits per heavy atom. The van der Waals surface area contributed by atoms with Crippen molar-refractivity contribution in [2.45, 2.75) is 50.9 Å². The molecule has 2 fully saturated rings. The van der Waals surface area contributed by atoms with Crippen molar-refractivity contribution in [1.29, 1.82) is 0 Å². The van der Waals surface area contributed by atoms with Crippen LogP contribution >= 0.6 is 11.8 Å². The monoisotopic (exact) mass is 200 g/mol. The van der Waals surface area contributed by atoms with Crippen molar-refractivity contribution in [3.05, 3.63) is 0 Å². The van der Waals surface area contributed by atoms with Crippen molar-refractivity contribution in [1.82, 2.24) is 0 Å². The summed E-state index contributed by atoms with van der Waals surface area (Å²) in [5.41, 5.74) is 0. The standard InChI is InChI=1S/C11H20OS/c1-8-4-5-9-10(6-8)12-7-13-11(9,2)3/h8-10H,4-7H2,1-3H3/t8-,9-,10-/m1/s1. The topological polar surface area (TPSA) is 9.23 Å². The van der Waals surface area contributed by atoms with Crippen LogP contribution in [0.3, 0.4) is 0 Å². The number of rotatable bonds is 0. The summed E-state index contributed by atoms with van der Waals surface area (Å²) >= 11 is 1.99. The van der Waals surface area contributed by atoms with Gasteiger partial charge in [0.25, 0.3) is 0 Å². The molecule has 2 rings (SSSR count). The molecule has 1 saturated carbocycles. The summed E-state index contributed by atoms with van der Waals surface area (Å²) in [6.07, 6.45) is 4.61. The molecule has 1 saturated heterocycles. The Hall–Kier alpha value is 0.310. The molecule has 0 amide bonds. The number of hydrogen-bond acceptors (Lipinski definition) is 2. The second-order valence-corrected chi connectivity index (χ2v) is 6.67. The van der Waals surface area contributed by atoms with Gasteiger partial charge in [0.1, 0.15) is 0 Å². The van der Waals surface area contributed by atoms with Gasteiger partial charge >= 0.3 is 0 Å². The minimum atomic E-state index is 0.447. The van der Waals surface area contributed by atoms with Gasteiger partial charge in [-0.2, -0.15) is 0 Å². The molecule has 0 N–H and O–H groups in total. The number of hydrogen-bond donors (Lipinski definition) is 0. The summed E-state index contributed by atoms with van der Waals surface area (Å²) in [4.78, 5) is 0. The molecule has 0 aromatic carbocycles. The van der Waals surface area contributed by atoms with Gasteiger partial charge in [-0.15, -0.1) is 11.8 Å². The first kappa shape index (κ1) is 9.85. The first-order chi connectivity index (χ1) is 6.09. The highest BCUT2D eigenvalue weighted by Crippen LogP contribution is 2.47. The normalized spacial score (nSPS) is 44.1. The van der Waals surface area contributed by atoms with Gasteiger partial charge in [-0.1, -0.05) is 27.2 Å². The maximum atomic E-state index is 5.85. The minimum Gasteiger partial charge on any atom is -0.367 e. The first-order valence-corrected chi connectivity index (χ1v) is 6.34. The molecule has 2 aliphatic rings. The van der Waals surface area contributed by atoms with Gasteiger partial charge in [0.05, 0.1) is 12.0 Å². The average Bonchev–Trinajstić information content (AvgIpc) is 2.02. The molecule has 1 aliphatic heterocycles. The van der Waals surface area contributed by atoms with Gasteiger partial charge in [0.15, 0.2) is 0 Å². The van der Waals surface area contributed by atoms with Crippen LogP contribution in [0.25, 0.3) is 0 Å². The van der Waals surface area contributed by atoms with Gasteiger partial charge in [-0.3, -0.25) is 0 Å². The summed E-state index contributed by atoms with van der Waals surface area (Å²) in [5, 5.41) is 0. The van der Waals surface area contributed by atoms with Gasteiger partial charge in [-0.05, 0) is 24.7 Å². The molecule has 1 aliphatic carbocycles. The summed E-state index contributed by atoms with van der Waals surface area (Å²) in [7, 11) is 0. The van der Waals surface area contributed by atoms with Crippen LogP contribution in [0.4, 0.5) is 0 Å². The molecule has 0 aromatic rings. The molecule has 0 radical (unpaired) electrons. The lowest BCUT2D eigenvalue weighted by molar-refractivity contribution is -0.0224. The van der Waals surface area contributed by atoms with Gasteiger partial charge in [-0.25, -0.2) is 0 Å². The second-order valence-electron chi connectivity index (χ2n) is 5.10. The SMILES string of the molecule is C[C@@H]1CC[C@@H]2[C@@H](C1)OCSC2(C)C. The highest BCUT2D eigenvalue weighted by atomic mass is 32.2. The Morgan fingerprint density at radius 2 is 2.08 bits per heavy atom. The van der Waals surface area contributed by atoms with E-state index in [4.69, 9.17) is 4.74 Å². The summed E-state index contributed by atoms with van der Waals surface area (Å²) < 4.78 is 6.30. The fourth-order valence-electron chi connectivity index (χ4n) is 2.69. The van der Waals surface area contributed by atoms with Crippen LogP contribution in [0.15, 0.2) is 0 Å². The lowest BCUT2D eigenvalue weighted by Crippen LogP contribution is -2.46. The van der Waals surface area contributed by atoms with E-state index in [0.717, 1.165) is 17.8 Å².